The molecular formula is C69H134O17P2. The van der Waals surface area contributed by atoms with Gasteiger partial charge in [-0.05, 0) is 31.6 Å². The van der Waals surface area contributed by atoms with Crippen molar-refractivity contribution in [1.29, 1.82) is 0 Å². The van der Waals surface area contributed by atoms with Crippen LogP contribution in [0.3, 0.4) is 0 Å². The first-order chi connectivity index (χ1) is 42.5. The van der Waals surface area contributed by atoms with Gasteiger partial charge in [-0.25, -0.2) is 9.13 Å². The van der Waals surface area contributed by atoms with Crippen molar-refractivity contribution >= 4 is 39.5 Å². The number of carbonyl (C=O) groups is 4. The molecule has 0 radical (unpaired) electrons. The number of rotatable bonds is 69. The third-order valence-corrected chi connectivity index (χ3v) is 17.9. The Morgan fingerprint density at radius 2 is 0.523 bits per heavy atom. The Hall–Kier alpha value is -1.94. The van der Waals surface area contributed by atoms with Crippen LogP contribution in [0, 0.1) is 5.92 Å². The Morgan fingerprint density at radius 3 is 0.773 bits per heavy atom. The van der Waals surface area contributed by atoms with Crippen molar-refractivity contribution in [3.05, 3.63) is 0 Å². The van der Waals surface area contributed by atoms with Crippen LogP contribution >= 0.6 is 15.6 Å². The first-order valence-electron chi connectivity index (χ1n) is 36.1. The number of ether oxygens (including phenoxy) is 4. The van der Waals surface area contributed by atoms with Crippen LogP contribution in [0.2, 0.25) is 0 Å². The van der Waals surface area contributed by atoms with E-state index in [4.69, 9.17) is 37.0 Å². The van der Waals surface area contributed by atoms with Crippen LogP contribution < -0.4 is 0 Å². The maximum atomic E-state index is 13.0. The van der Waals surface area contributed by atoms with Gasteiger partial charge in [0.1, 0.15) is 19.3 Å². The van der Waals surface area contributed by atoms with Gasteiger partial charge >= 0.3 is 39.5 Å². The zero-order chi connectivity index (χ0) is 64.9. The summed E-state index contributed by atoms with van der Waals surface area (Å²) in [6, 6.07) is 0. The fourth-order valence-electron chi connectivity index (χ4n) is 10.5. The van der Waals surface area contributed by atoms with Crippen molar-refractivity contribution in [3.8, 4) is 0 Å². The summed E-state index contributed by atoms with van der Waals surface area (Å²) in [6.45, 7) is 7.19. The largest absolute Gasteiger partial charge is 0.472 e. The lowest BCUT2D eigenvalue weighted by Crippen LogP contribution is -2.30. The van der Waals surface area contributed by atoms with Gasteiger partial charge in [-0.3, -0.25) is 37.3 Å². The van der Waals surface area contributed by atoms with E-state index in [1.54, 1.807) is 0 Å². The average Bonchev–Trinajstić information content (AvgIpc) is 3.58. The molecule has 0 aromatic carbocycles. The van der Waals surface area contributed by atoms with E-state index in [1.165, 1.54) is 161 Å². The number of unbranched alkanes of at least 4 members (excludes halogenated alkanes) is 41. The Labute approximate surface area is 537 Å². The minimum Gasteiger partial charge on any atom is -0.462 e. The minimum atomic E-state index is -4.95. The normalized spacial score (nSPS) is 14.1. The first-order valence-corrected chi connectivity index (χ1v) is 39.1. The molecule has 0 aliphatic heterocycles. The number of hydrogen-bond acceptors (Lipinski definition) is 15. The monoisotopic (exact) mass is 1300 g/mol. The summed E-state index contributed by atoms with van der Waals surface area (Å²) in [5, 5.41) is 10.5. The van der Waals surface area contributed by atoms with Crippen LogP contribution in [0.4, 0.5) is 0 Å². The second-order valence-corrected chi connectivity index (χ2v) is 28.3. The van der Waals surface area contributed by atoms with E-state index < -0.39 is 97.5 Å². The number of carbonyl (C=O) groups excluding carboxylic acids is 4. The Bertz CT molecular complexity index is 1700. The van der Waals surface area contributed by atoms with Gasteiger partial charge in [0.05, 0.1) is 26.4 Å². The Kier molecular flexibility index (Phi) is 61.1. The fraction of sp³-hybridized carbons (Fsp3) is 0.942. The number of esters is 4. The summed E-state index contributed by atoms with van der Waals surface area (Å²) >= 11 is 0. The molecule has 19 heteroatoms. The summed E-state index contributed by atoms with van der Waals surface area (Å²) in [4.78, 5) is 72.3. The molecule has 0 spiro atoms. The molecule has 0 heterocycles. The van der Waals surface area contributed by atoms with Gasteiger partial charge in [0.2, 0.25) is 0 Å². The lowest BCUT2D eigenvalue weighted by molar-refractivity contribution is -0.161. The average molecular weight is 1300 g/mol. The third-order valence-electron chi connectivity index (χ3n) is 16.0. The second-order valence-electron chi connectivity index (χ2n) is 25.4. The topological polar surface area (TPSA) is 237 Å². The van der Waals surface area contributed by atoms with E-state index in [0.717, 1.165) is 115 Å². The van der Waals surface area contributed by atoms with E-state index >= 15 is 0 Å². The molecule has 88 heavy (non-hydrogen) atoms. The van der Waals surface area contributed by atoms with E-state index in [0.29, 0.717) is 25.7 Å². The molecule has 0 aromatic rings. The summed E-state index contributed by atoms with van der Waals surface area (Å²) < 4.78 is 68.1. The van der Waals surface area contributed by atoms with Crippen LogP contribution in [0.1, 0.15) is 356 Å². The van der Waals surface area contributed by atoms with Gasteiger partial charge < -0.3 is 33.8 Å². The summed E-state index contributed by atoms with van der Waals surface area (Å²) in [5.74, 6) is -1.34. The van der Waals surface area contributed by atoms with Crippen LogP contribution in [0.5, 0.6) is 0 Å². The number of phosphoric ester groups is 2. The Morgan fingerprint density at radius 1 is 0.307 bits per heavy atom. The molecule has 522 valence electrons. The van der Waals surface area contributed by atoms with E-state index in [1.807, 2.05) is 0 Å². The van der Waals surface area contributed by atoms with Gasteiger partial charge in [-0.2, -0.15) is 0 Å². The number of aliphatic hydroxyl groups excluding tert-OH is 1. The summed E-state index contributed by atoms with van der Waals surface area (Å²) in [7, 11) is -9.89. The molecule has 0 aliphatic carbocycles. The summed E-state index contributed by atoms with van der Waals surface area (Å²) in [6.07, 6.45) is 48.8. The van der Waals surface area contributed by atoms with Crippen molar-refractivity contribution in [2.24, 2.45) is 5.92 Å². The smallest absolute Gasteiger partial charge is 0.462 e. The SMILES string of the molecule is CCCCCCCCCCCCCCCCCCC(=O)OC[C@H](COP(=O)(O)OC[C@@H](O)COP(=O)(O)OC[C@@H](COC(=O)CCCCCCCCC)OC(=O)CCCCCCCCCC)OC(=O)CCCCCCCCCCCCCCCCC(C)C. The van der Waals surface area contributed by atoms with Gasteiger partial charge in [0.15, 0.2) is 12.2 Å². The predicted octanol–water partition coefficient (Wildman–Crippen LogP) is 19.7. The highest BCUT2D eigenvalue weighted by atomic mass is 31.2. The van der Waals surface area contributed by atoms with Crippen molar-refractivity contribution in [2.45, 2.75) is 374 Å². The van der Waals surface area contributed by atoms with Gasteiger partial charge in [0, 0.05) is 25.7 Å². The fourth-order valence-corrected chi connectivity index (χ4v) is 12.0. The van der Waals surface area contributed by atoms with Gasteiger partial charge in [0.25, 0.3) is 0 Å². The van der Waals surface area contributed by atoms with E-state index in [9.17, 15) is 43.2 Å². The van der Waals surface area contributed by atoms with Crippen molar-refractivity contribution in [3.63, 3.8) is 0 Å². The molecule has 17 nitrogen and oxygen atoms in total. The molecule has 3 N–H and O–H groups in total. The van der Waals surface area contributed by atoms with Crippen LogP contribution in [0.15, 0.2) is 0 Å². The highest BCUT2D eigenvalue weighted by Gasteiger charge is 2.30. The van der Waals surface area contributed by atoms with E-state index in [2.05, 4.69) is 34.6 Å². The van der Waals surface area contributed by atoms with Crippen molar-refractivity contribution in [1.82, 2.24) is 0 Å². The summed E-state index contributed by atoms with van der Waals surface area (Å²) in [5.41, 5.74) is 0. The zero-order valence-electron chi connectivity index (χ0n) is 56.9. The lowest BCUT2D eigenvalue weighted by Gasteiger charge is -2.21. The lowest BCUT2D eigenvalue weighted by atomic mass is 10.0. The van der Waals surface area contributed by atoms with Crippen LogP contribution in [-0.2, 0) is 65.4 Å². The molecule has 5 atom stereocenters. The van der Waals surface area contributed by atoms with E-state index in [-0.39, 0.29) is 25.7 Å². The van der Waals surface area contributed by atoms with Crippen LogP contribution in [0.25, 0.3) is 0 Å². The molecule has 2 unspecified atom stereocenters. The Balaban J connectivity index is 5.17. The quantitative estimate of drug-likeness (QED) is 0.0222. The van der Waals surface area contributed by atoms with Crippen LogP contribution in [-0.4, -0.2) is 96.7 Å². The van der Waals surface area contributed by atoms with Crippen molar-refractivity contribution < 1.29 is 80.2 Å². The maximum Gasteiger partial charge on any atom is 0.472 e. The molecular weight excluding hydrogens is 1160 g/mol. The van der Waals surface area contributed by atoms with Gasteiger partial charge in [-0.15, -0.1) is 0 Å². The van der Waals surface area contributed by atoms with Gasteiger partial charge in [-0.1, -0.05) is 304 Å². The predicted molar refractivity (Wildman–Crippen MR) is 354 cm³/mol. The number of phosphoric acid groups is 2. The standard InChI is InChI=1S/C69H134O17P2/c1-6-9-12-15-18-20-21-22-23-24-28-31-34-39-43-48-53-67(72)80-59-65(86-69(74)55-50-45-40-35-32-29-26-25-27-30-33-37-41-46-51-62(4)5)61-84-88(77,78)82-57-63(70)56-81-87(75,76)83-60-64(58-79-66(71)52-47-42-36-17-14-11-8-3)85-68(73)54-49-44-38-19-16-13-10-7-2/h62-65,70H,6-61H2,1-5H3,(H,75,76)(H,77,78)/t63-,64+,65+/m0/s1. The first kappa shape index (κ1) is 86.1. The molecule has 0 rings (SSSR count). The molecule has 0 aromatic heterocycles. The highest BCUT2D eigenvalue weighted by molar-refractivity contribution is 7.47. The maximum absolute atomic E-state index is 13.0. The van der Waals surface area contributed by atoms with Crippen molar-refractivity contribution in [2.75, 3.05) is 39.6 Å². The third kappa shape index (κ3) is 62.8. The number of aliphatic hydroxyl groups is 1. The molecule has 0 saturated heterocycles. The molecule has 0 fully saturated rings. The molecule has 0 amide bonds. The molecule has 0 saturated carbocycles. The number of hydrogen-bond donors (Lipinski definition) is 3. The highest BCUT2D eigenvalue weighted by Crippen LogP contribution is 2.45. The molecule has 0 bridgehead atoms. The molecule has 0 aliphatic rings. The second kappa shape index (κ2) is 62.5. The minimum absolute atomic E-state index is 0.105. The zero-order valence-corrected chi connectivity index (χ0v) is 58.6.